The molecule has 0 saturated carbocycles. The lowest BCUT2D eigenvalue weighted by molar-refractivity contribution is -0.0591. The normalized spacial score (nSPS) is 17.6. The number of hydrogen-bond donors (Lipinski definition) is 0. The van der Waals surface area contributed by atoms with E-state index in [1.165, 1.54) is 53.2 Å². The topological polar surface area (TPSA) is 237 Å². The van der Waals surface area contributed by atoms with Crippen molar-refractivity contribution in [2.45, 2.75) is 86.6 Å². The Bertz CT molecular complexity index is 2680. The highest BCUT2D eigenvalue weighted by Gasteiger charge is 2.37. The van der Waals surface area contributed by atoms with Crippen molar-refractivity contribution >= 4 is 42.9 Å². The highest BCUT2D eigenvalue weighted by atomic mass is 35.5. The molecule has 2 aliphatic heterocycles. The van der Waals surface area contributed by atoms with Crippen LogP contribution in [0.15, 0.2) is 61.2 Å². The van der Waals surface area contributed by atoms with Crippen molar-refractivity contribution in [3.05, 3.63) is 106 Å². The first-order valence-electron chi connectivity index (χ1n) is 21.5. The van der Waals surface area contributed by atoms with Crippen LogP contribution in [-0.4, -0.2) is 118 Å². The third-order valence-electron chi connectivity index (χ3n) is 12.0. The van der Waals surface area contributed by atoms with Gasteiger partial charge in [0.1, 0.15) is 69.7 Å². The Balaban J connectivity index is 0.000000201. The Morgan fingerprint density at radius 1 is 0.574 bits per heavy atom. The summed E-state index contributed by atoms with van der Waals surface area (Å²) in [4.78, 5) is 16.7. The van der Waals surface area contributed by atoms with Crippen LogP contribution in [0, 0.1) is 0 Å². The van der Waals surface area contributed by atoms with E-state index in [0.717, 1.165) is 12.8 Å². The average Bonchev–Trinajstić information content (AvgIpc) is 3.88. The molecule has 6 heterocycles. The summed E-state index contributed by atoms with van der Waals surface area (Å²) in [5.74, 6) is 2.62. The SMILES string of the molecule is COc1cccc(OC)c1-n1c(CS(=O)(=O)[C@@H](C)[C@H](C)c2ncc(Cl)cn2)nnc1[C@@H]1CCO1.COc1cccc(OC)c1-n1c(CS(=O)(=O)[C@@H](C)[C@H](C)c2ncc(Cl)cn2)nnc1[C@H]1CCO1. The number of ether oxygens (including phenoxy) is 6. The summed E-state index contributed by atoms with van der Waals surface area (Å²) in [5.41, 5.74) is 1.05. The molecule has 4 aromatic heterocycles. The molecule has 0 spiro atoms. The molecule has 8 rings (SSSR count). The smallest absolute Gasteiger partial charge is 0.167 e. The van der Waals surface area contributed by atoms with Gasteiger partial charge >= 0.3 is 0 Å². The first-order chi connectivity index (χ1) is 32.5. The van der Waals surface area contributed by atoms with Gasteiger partial charge in [0, 0.05) is 49.5 Å². The molecule has 6 aromatic rings. The molecule has 0 aliphatic carbocycles. The monoisotopic (exact) mass is 1010 g/mol. The van der Waals surface area contributed by atoms with Crippen LogP contribution >= 0.6 is 23.2 Å². The standard InChI is InChI=1S/2C22H26ClN5O5S/c2*1-13(21-24-10-15(23)11-25-21)14(2)34(29,30)12-19-26-27-22(18-8-9-33-18)28(19)20-16(31-3)6-5-7-17(20)32-4/h2*5-7,10-11,13-14,18H,8-9,12H2,1-4H3/t13-,14-,18+;13-,14-,18-/m00/s1. The van der Waals surface area contributed by atoms with Crippen LogP contribution < -0.4 is 18.9 Å². The van der Waals surface area contributed by atoms with Gasteiger partial charge in [-0.25, -0.2) is 36.8 Å². The highest BCUT2D eigenvalue weighted by molar-refractivity contribution is 7.91. The third kappa shape index (κ3) is 10.5. The van der Waals surface area contributed by atoms with Crippen LogP contribution in [0.1, 0.15) is 99.5 Å². The predicted molar refractivity (Wildman–Crippen MR) is 251 cm³/mol. The lowest BCUT2D eigenvalue weighted by Crippen LogP contribution is -2.28. The maximum atomic E-state index is 13.5. The summed E-state index contributed by atoms with van der Waals surface area (Å²) >= 11 is 11.7. The van der Waals surface area contributed by atoms with Gasteiger partial charge in [0.2, 0.25) is 0 Å². The maximum absolute atomic E-state index is 13.5. The molecule has 68 heavy (non-hydrogen) atoms. The molecule has 2 fully saturated rings. The van der Waals surface area contributed by atoms with Gasteiger partial charge in [0.25, 0.3) is 0 Å². The zero-order chi connectivity index (χ0) is 48.9. The van der Waals surface area contributed by atoms with Crippen LogP contribution in [-0.2, 0) is 40.7 Å². The number of hydrogen-bond acceptors (Lipinski definition) is 18. The Morgan fingerprint density at radius 3 is 1.15 bits per heavy atom. The summed E-state index contributed by atoms with van der Waals surface area (Å²) in [6, 6.07) is 10.6. The van der Waals surface area contributed by atoms with E-state index >= 15 is 0 Å². The first-order valence-corrected chi connectivity index (χ1v) is 25.6. The van der Waals surface area contributed by atoms with Crippen molar-refractivity contribution < 1.29 is 45.3 Å². The fraction of sp³-hybridized carbons (Fsp3) is 0.455. The van der Waals surface area contributed by atoms with Crippen molar-refractivity contribution in [1.82, 2.24) is 49.5 Å². The van der Waals surface area contributed by atoms with E-state index in [9.17, 15) is 16.8 Å². The second kappa shape index (κ2) is 21.4. The van der Waals surface area contributed by atoms with Crippen LogP contribution in [0.25, 0.3) is 11.4 Å². The number of methoxy groups -OCH3 is 4. The average molecular weight is 1020 g/mol. The van der Waals surface area contributed by atoms with Gasteiger partial charge in [0.05, 0.1) is 62.2 Å². The van der Waals surface area contributed by atoms with E-state index in [0.29, 0.717) is 80.9 Å². The molecule has 0 amide bonds. The number of sulfone groups is 2. The number of benzene rings is 2. The molecule has 2 saturated heterocycles. The van der Waals surface area contributed by atoms with E-state index < -0.39 is 42.0 Å². The molecule has 0 N–H and O–H groups in total. The molecule has 2 aliphatic rings. The van der Waals surface area contributed by atoms with Crippen molar-refractivity contribution in [3.63, 3.8) is 0 Å². The van der Waals surface area contributed by atoms with Crippen molar-refractivity contribution in [1.29, 1.82) is 0 Å². The summed E-state index contributed by atoms with van der Waals surface area (Å²) in [6.45, 7) is 8.02. The molecule has 0 unspecified atom stereocenters. The van der Waals surface area contributed by atoms with E-state index in [4.69, 9.17) is 51.6 Å². The zero-order valence-corrected chi connectivity index (χ0v) is 41.8. The van der Waals surface area contributed by atoms with Crippen LogP contribution in [0.5, 0.6) is 23.0 Å². The van der Waals surface area contributed by atoms with Crippen LogP contribution in [0.3, 0.4) is 0 Å². The van der Waals surface area contributed by atoms with Gasteiger partial charge in [-0.15, -0.1) is 20.4 Å². The first kappa shape index (κ1) is 50.4. The van der Waals surface area contributed by atoms with Gasteiger partial charge in [-0.05, 0) is 38.1 Å². The Kier molecular flexibility index (Phi) is 15.9. The number of nitrogens with zero attached hydrogens (tertiary/aromatic N) is 10. The quantitative estimate of drug-likeness (QED) is 0.0882. The molecule has 0 bridgehead atoms. The molecule has 0 radical (unpaired) electrons. The maximum Gasteiger partial charge on any atom is 0.167 e. The number of aromatic nitrogens is 10. The van der Waals surface area contributed by atoms with Gasteiger partial charge in [-0.2, -0.15) is 0 Å². The predicted octanol–water partition coefficient (Wildman–Crippen LogP) is 6.59. The van der Waals surface area contributed by atoms with Gasteiger partial charge < -0.3 is 28.4 Å². The molecular weight excluding hydrogens is 964 g/mol. The van der Waals surface area contributed by atoms with Gasteiger partial charge in [0.15, 0.2) is 43.0 Å². The Morgan fingerprint density at radius 2 is 0.882 bits per heavy atom. The Labute approximate surface area is 404 Å². The molecule has 2 aromatic carbocycles. The largest absolute Gasteiger partial charge is 0.494 e. The second-order valence-corrected chi connectivity index (χ2v) is 21.6. The minimum Gasteiger partial charge on any atom is -0.494 e. The lowest BCUT2D eigenvalue weighted by Gasteiger charge is -2.27. The molecule has 24 heteroatoms. The lowest BCUT2D eigenvalue weighted by atomic mass is 10.1. The fourth-order valence-electron chi connectivity index (χ4n) is 7.51. The van der Waals surface area contributed by atoms with Crippen molar-refractivity contribution in [2.24, 2.45) is 0 Å². The Hall–Kier alpha value is -5.52. The summed E-state index contributed by atoms with van der Waals surface area (Å²) in [5, 5.41) is 16.3. The molecule has 20 nitrogen and oxygen atoms in total. The fourth-order valence-corrected chi connectivity index (χ4v) is 10.8. The van der Waals surface area contributed by atoms with Crippen molar-refractivity contribution in [3.8, 4) is 34.4 Å². The third-order valence-corrected chi connectivity index (χ3v) is 16.8. The molecule has 6 atom stereocenters. The minimum absolute atomic E-state index is 0.240. The van der Waals surface area contributed by atoms with Crippen LogP contribution in [0.4, 0.5) is 0 Å². The van der Waals surface area contributed by atoms with E-state index in [1.807, 2.05) is 0 Å². The summed E-state index contributed by atoms with van der Waals surface area (Å²) < 4.78 is 90.8. The number of halogens is 2. The van der Waals surface area contributed by atoms with E-state index in [-0.39, 0.29) is 35.4 Å². The van der Waals surface area contributed by atoms with Gasteiger partial charge in [-0.1, -0.05) is 49.2 Å². The minimum atomic E-state index is -3.70. The zero-order valence-electron chi connectivity index (χ0n) is 38.6. The summed E-state index contributed by atoms with van der Waals surface area (Å²) in [7, 11) is -1.26. The number of rotatable bonds is 18. The molecular formula is C44H52Cl2N10O10S2. The second-order valence-electron chi connectivity index (χ2n) is 16.1. The number of para-hydroxylation sites is 2. The highest BCUT2D eigenvalue weighted by Crippen LogP contribution is 2.40. The van der Waals surface area contributed by atoms with Gasteiger partial charge in [-0.3, -0.25) is 9.13 Å². The summed E-state index contributed by atoms with van der Waals surface area (Å²) in [6.07, 6.45) is 6.73. The molecule has 364 valence electrons. The van der Waals surface area contributed by atoms with Crippen molar-refractivity contribution in [2.75, 3.05) is 41.7 Å². The van der Waals surface area contributed by atoms with Crippen LogP contribution in [0.2, 0.25) is 10.0 Å². The van der Waals surface area contributed by atoms with E-state index in [2.05, 4.69) is 40.3 Å². The van der Waals surface area contributed by atoms with E-state index in [1.54, 1.807) is 73.2 Å².